The average molecular weight is 400 g/mol. The van der Waals surface area contributed by atoms with E-state index in [4.69, 9.17) is 0 Å². The summed E-state index contributed by atoms with van der Waals surface area (Å²) < 4.78 is 3.61. The average Bonchev–Trinajstić information content (AvgIpc) is 3.43. The predicted octanol–water partition coefficient (Wildman–Crippen LogP) is 3.31. The van der Waals surface area contributed by atoms with Crippen LogP contribution in [0.25, 0.3) is 5.69 Å². The molecule has 1 N–H and O–H groups in total. The van der Waals surface area contributed by atoms with Crippen LogP contribution in [0.2, 0.25) is 0 Å². The summed E-state index contributed by atoms with van der Waals surface area (Å²) in [6.07, 6.45) is 5.58. The lowest BCUT2D eigenvalue weighted by molar-refractivity contribution is 0.0950. The maximum Gasteiger partial charge on any atom is 0.255 e. The smallest absolute Gasteiger partial charge is 0.255 e. The molecular weight excluding hydrogens is 376 g/mol. The van der Waals surface area contributed by atoms with E-state index in [2.05, 4.69) is 20.5 Å². The van der Waals surface area contributed by atoms with Crippen molar-refractivity contribution in [2.24, 2.45) is 0 Å². The molecule has 4 rings (SSSR count). The number of carbonyl (C=O) groups is 1. The Labute approximate surface area is 175 Å². The van der Waals surface area contributed by atoms with Crippen LogP contribution >= 0.6 is 0 Å². The van der Waals surface area contributed by atoms with Crippen LogP contribution in [-0.4, -0.2) is 30.5 Å². The first-order valence-corrected chi connectivity index (χ1v) is 9.96. The maximum absolute atomic E-state index is 12.8. The normalized spacial score (nSPS) is 10.9. The van der Waals surface area contributed by atoms with Gasteiger partial charge in [0.2, 0.25) is 0 Å². The summed E-state index contributed by atoms with van der Waals surface area (Å²) in [6, 6.07) is 16.2. The summed E-state index contributed by atoms with van der Waals surface area (Å²) in [5.41, 5.74) is 5.83. The van der Waals surface area contributed by atoms with Gasteiger partial charge in [0, 0.05) is 6.54 Å². The molecule has 0 aliphatic heterocycles. The van der Waals surface area contributed by atoms with Gasteiger partial charge in [-0.1, -0.05) is 48.9 Å². The van der Waals surface area contributed by atoms with Crippen LogP contribution < -0.4 is 5.32 Å². The third-order valence-corrected chi connectivity index (χ3v) is 5.01. The molecule has 0 spiro atoms. The number of nitrogens with one attached hydrogen (secondary N) is 1. The standard InChI is InChI=1S/C23H24N6O/c1-3-22-21(13-26-29(22)20-10-4-17(2)5-11-20)23(30)25-12-18-6-8-19(9-7-18)14-28-16-24-15-27-28/h4-11,13,15-16H,3,12,14H2,1-2H3,(H,25,30). The van der Waals surface area contributed by atoms with E-state index in [1.54, 1.807) is 17.2 Å². The van der Waals surface area contributed by atoms with Gasteiger partial charge in [-0.15, -0.1) is 0 Å². The van der Waals surface area contributed by atoms with E-state index in [1.165, 1.54) is 11.9 Å². The molecule has 2 aromatic carbocycles. The largest absolute Gasteiger partial charge is 0.348 e. The molecule has 1 amide bonds. The van der Waals surface area contributed by atoms with Gasteiger partial charge in [0.1, 0.15) is 12.7 Å². The zero-order valence-corrected chi connectivity index (χ0v) is 17.1. The van der Waals surface area contributed by atoms with Gasteiger partial charge in [-0.05, 0) is 36.6 Å². The Hall–Kier alpha value is -3.74. The van der Waals surface area contributed by atoms with E-state index in [-0.39, 0.29) is 5.91 Å². The fourth-order valence-corrected chi connectivity index (χ4v) is 3.35. The van der Waals surface area contributed by atoms with Crippen LogP contribution in [0.1, 0.15) is 39.7 Å². The van der Waals surface area contributed by atoms with Crippen molar-refractivity contribution in [3.8, 4) is 5.69 Å². The molecule has 0 aliphatic rings. The van der Waals surface area contributed by atoms with E-state index in [0.717, 1.165) is 22.5 Å². The van der Waals surface area contributed by atoms with Crippen LogP contribution in [0.5, 0.6) is 0 Å². The first-order valence-electron chi connectivity index (χ1n) is 9.96. The number of hydrogen-bond donors (Lipinski definition) is 1. The second-order valence-electron chi connectivity index (χ2n) is 7.20. The van der Waals surface area contributed by atoms with Crippen molar-refractivity contribution < 1.29 is 4.79 Å². The molecule has 152 valence electrons. The van der Waals surface area contributed by atoms with Crippen LogP contribution in [0.4, 0.5) is 0 Å². The van der Waals surface area contributed by atoms with Crippen molar-refractivity contribution in [1.82, 2.24) is 29.9 Å². The van der Waals surface area contributed by atoms with Crippen LogP contribution in [-0.2, 0) is 19.5 Å². The first kappa shape index (κ1) is 19.6. The molecule has 0 radical (unpaired) electrons. The highest BCUT2D eigenvalue weighted by molar-refractivity contribution is 5.95. The molecule has 2 heterocycles. The minimum absolute atomic E-state index is 0.114. The molecule has 0 atom stereocenters. The highest BCUT2D eigenvalue weighted by atomic mass is 16.1. The number of rotatable bonds is 7. The third-order valence-electron chi connectivity index (χ3n) is 5.01. The molecule has 7 nitrogen and oxygen atoms in total. The fraction of sp³-hybridized carbons (Fsp3) is 0.217. The Balaban J connectivity index is 1.42. The van der Waals surface area contributed by atoms with E-state index < -0.39 is 0 Å². The highest BCUT2D eigenvalue weighted by Crippen LogP contribution is 2.17. The summed E-state index contributed by atoms with van der Waals surface area (Å²) in [5.74, 6) is -0.114. The van der Waals surface area contributed by atoms with Gasteiger partial charge in [0.15, 0.2) is 0 Å². The van der Waals surface area contributed by atoms with E-state index in [9.17, 15) is 4.79 Å². The van der Waals surface area contributed by atoms with Gasteiger partial charge in [-0.3, -0.25) is 4.79 Å². The minimum atomic E-state index is -0.114. The van der Waals surface area contributed by atoms with Crippen molar-refractivity contribution >= 4 is 5.91 Å². The van der Waals surface area contributed by atoms with Crippen molar-refractivity contribution in [3.05, 3.63) is 95.3 Å². The van der Waals surface area contributed by atoms with Gasteiger partial charge in [-0.2, -0.15) is 10.2 Å². The molecule has 0 fully saturated rings. The first-order chi connectivity index (χ1) is 14.6. The van der Waals surface area contributed by atoms with Crippen molar-refractivity contribution in [3.63, 3.8) is 0 Å². The SMILES string of the molecule is CCc1c(C(=O)NCc2ccc(Cn3cncn3)cc2)cnn1-c1ccc(C)cc1. The van der Waals surface area contributed by atoms with Crippen LogP contribution in [0.15, 0.2) is 67.4 Å². The number of nitrogens with zero attached hydrogens (tertiary/aromatic N) is 5. The topological polar surface area (TPSA) is 77.6 Å². The number of carbonyl (C=O) groups excluding carboxylic acids is 1. The molecule has 0 saturated carbocycles. The molecule has 0 aliphatic carbocycles. The van der Waals surface area contributed by atoms with Gasteiger partial charge in [0.05, 0.1) is 29.7 Å². The Kier molecular flexibility index (Phi) is 5.70. The minimum Gasteiger partial charge on any atom is -0.348 e. The third kappa shape index (κ3) is 4.30. The summed E-state index contributed by atoms with van der Waals surface area (Å²) in [5, 5.41) is 11.6. The lowest BCUT2D eigenvalue weighted by Gasteiger charge is -2.09. The maximum atomic E-state index is 12.8. The Morgan fingerprint density at radius 2 is 1.73 bits per heavy atom. The Morgan fingerprint density at radius 3 is 2.40 bits per heavy atom. The lowest BCUT2D eigenvalue weighted by atomic mass is 10.1. The van der Waals surface area contributed by atoms with Crippen molar-refractivity contribution in [2.75, 3.05) is 0 Å². The summed E-state index contributed by atoms with van der Waals surface area (Å²) in [6.45, 7) is 5.21. The number of aryl methyl sites for hydroxylation is 1. The second kappa shape index (κ2) is 8.73. The Bertz CT molecular complexity index is 1110. The van der Waals surface area contributed by atoms with E-state index >= 15 is 0 Å². The molecule has 0 unspecified atom stereocenters. The zero-order chi connectivity index (χ0) is 20.9. The lowest BCUT2D eigenvalue weighted by Crippen LogP contribution is -2.23. The number of benzene rings is 2. The molecular formula is C23H24N6O. The van der Waals surface area contributed by atoms with Crippen LogP contribution in [0, 0.1) is 6.92 Å². The molecule has 30 heavy (non-hydrogen) atoms. The highest BCUT2D eigenvalue weighted by Gasteiger charge is 2.17. The monoisotopic (exact) mass is 400 g/mol. The van der Waals surface area contributed by atoms with E-state index in [0.29, 0.717) is 25.1 Å². The molecule has 7 heteroatoms. The van der Waals surface area contributed by atoms with Gasteiger partial charge in [0.25, 0.3) is 5.91 Å². The van der Waals surface area contributed by atoms with Gasteiger partial charge >= 0.3 is 0 Å². The summed E-state index contributed by atoms with van der Waals surface area (Å²) in [4.78, 5) is 16.7. The number of amides is 1. The molecule has 2 aromatic heterocycles. The summed E-state index contributed by atoms with van der Waals surface area (Å²) in [7, 11) is 0. The number of aromatic nitrogens is 5. The quantitative estimate of drug-likeness (QED) is 0.516. The summed E-state index contributed by atoms with van der Waals surface area (Å²) >= 11 is 0. The van der Waals surface area contributed by atoms with Crippen LogP contribution in [0.3, 0.4) is 0 Å². The molecule has 0 saturated heterocycles. The van der Waals surface area contributed by atoms with E-state index in [1.807, 2.05) is 67.1 Å². The Morgan fingerprint density at radius 1 is 1.00 bits per heavy atom. The second-order valence-corrected chi connectivity index (χ2v) is 7.20. The van der Waals surface area contributed by atoms with Crippen molar-refractivity contribution in [1.29, 1.82) is 0 Å². The van der Waals surface area contributed by atoms with Gasteiger partial charge < -0.3 is 5.32 Å². The number of hydrogen-bond acceptors (Lipinski definition) is 4. The molecule has 4 aromatic rings. The zero-order valence-electron chi connectivity index (χ0n) is 17.1. The van der Waals surface area contributed by atoms with Gasteiger partial charge in [-0.25, -0.2) is 14.3 Å². The van der Waals surface area contributed by atoms with Crippen molar-refractivity contribution in [2.45, 2.75) is 33.4 Å². The fourth-order valence-electron chi connectivity index (χ4n) is 3.35. The predicted molar refractivity (Wildman–Crippen MR) is 114 cm³/mol. The molecule has 0 bridgehead atoms.